The van der Waals surface area contributed by atoms with E-state index in [1.807, 2.05) is 27.7 Å². The Labute approximate surface area is 178 Å². The highest BCUT2D eigenvalue weighted by Crippen LogP contribution is 2.31. The van der Waals surface area contributed by atoms with Crippen molar-refractivity contribution in [1.82, 2.24) is 4.98 Å². The molecule has 0 saturated carbocycles. The summed E-state index contributed by atoms with van der Waals surface area (Å²) in [6, 6.07) is 14.2. The number of aryl methyl sites for hydroxylation is 6. The minimum Gasteiger partial charge on any atom is -0.339 e. The number of aromatic nitrogens is 1. The largest absolute Gasteiger partial charge is 0.339 e. The van der Waals surface area contributed by atoms with Crippen molar-refractivity contribution in [3.63, 3.8) is 0 Å². The minimum atomic E-state index is 0.328. The second-order valence-corrected chi connectivity index (χ2v) is 7.80. The SMILES string of the molecule is Cc1cc(C)c(Nc2nc(Nc3c(C)cc(C)cc3C)c(C#N)cc2C#N)c(C)c1. The molecule has 0 aliphatic carbocycles. The lowest BCUT2D eigenvalue weighted by Gasteiger charge is -2.18. The van der Waals surface area contributed by atoms with Gasteiger partial charge in [-0.25, -0.2) is 4.98 Å². The maximum Gasteiger partial charge on any atom is 0.150 e. The molecule has 5 nitrogen and oxygen atoms in total. The van der Waals surface area contributed by atoms with E-state index in [0.29, 0.717) is 22.8 Å². The summed E-state index contributed by atoms with van der Waals surface area (Å²) in [4.78, 5) is 4.65. The third-order valence-corrected chi connectivity index (χ3v) is 5.10. The standard InChI is InChI=1S/C25H25N5/c1-14-7-16(3)22(17(4)8-14)28-24-20(12-26)11-21(13-27)25(30-24)29-23-18(5)9-15(2)10-19(23)6/h7-11H,1-6H3,(H2,28,29,30). The molecule has 5 heteroatoms. The van der Waals surface area contributed by atoms with Gasteiger partial charge >= 0.3 is 0 Å². The molecule has 1 aromatic heterocycles. The summed E-state index contributed by atoms with van der Waals surface area (Å²) >= 11 is 0. The summed E-state index contributed by atoms with van der Waals surface area (Å²) in [6.07, 6.45) is 0. The van der Waals surface area contributed by atoms with Crippen LogP contribution in [-0.2, 0) is 0 Å². The van der Waals surface area contributed by atoms with Crippen LogP contribution in [0.3, 0.4) is 0 Å². The first-order valence-corrected chi connectivity index (χ1v) is 9.78. The fraction of sp³-hybridized carbons (Fsp3) is 0.240. The summed E-state index contributed by atoms with van der Waals surface area (Å²) < 4.78 is 0. The van der Waals surface area contributed by atoms with Crippen molar-refractivity contribution in [3.8, 4) is 12.1 Å². The molecular formula is C25H25N5. The van der Waals surface area contributed by atoms with Gasteiger partial charge in [-0.2, -0.15) is 10.5 Å². The molecule has 0 aliphatic rings. The van der Waals surface area contributed by atoms with Crippen LogP contribution < -0.4 is 10.6 Å². The van der Waals surface area contributed by atoms with Crippen LogP contribution in [0.2, 0.25) is 0 Å². The lowest BCUT2D eigenvalue weighted by Crippen LogP contribution is -2.06. The lowest BCUT2D eigenvalue weighted by atomic mass is 10.0. The van der Waals surface area contributed by atoms with E-state index >= 15 is 0 Å². The summed E-state index contributed by atoms with van der Waals surface area (Å²) in [6.45, 7) is 12.2. The van der Waals surface area contributed by atoms with Crippen LogP contribution in [0.25, 0.3) is 0 Å². The van der Waals surface area contributed by atoms with Crippen LogP contribution in [0.4, 0.5) is 23.0 Å². The second kappa shape index (κ2) is 8.27. The van der Waals surface area contributed by atoms with Crippen molar-refractivity contribution in [2.75, 3.05) is 10.6 Å². The molecule has 0 fully saturated rings. The number of nitrogens with one attached hydrogen (secondary N) is 2. The number of hydrogen-bond acceptors (Lipinski definition) is 5. The van der Waals surface area contributed by atoms with E-state index in [-0.39, 0.29) is 0 Å². The van der Waals surface area contributed by atoms with Gasteiger partial charge in [0.2, 0.25) is 0 Å². The average molecular weight is 396 g/mol. The Hall–Kier alpha value is -3.83. The van der Waals surface area contributed by atoms with Crippen molar-refractivity contribution in [1.29, 1.82) is 10.5 Å². The molecule has 30 heavy (non-hydrogen) atoms. The van der Waals surface area contributed by atoms with Gasteiger partial charge in [0.15, 0.2) is 11.6 Å². The van der Waals surface area contributed by atoms with Gasteiger partial charge in [-0.15, -0.1) is 0 Å². The van der Waals surface area contributed by atoms with Crippen molar-refractivity contribution >= 4 is 23.0 Å². The number of benzene rings is 2. The molecule has 0 saturated heterocycles. The Kier molecular flexibility index (Phi) is 5.76. The van der Waals surface area contributed by atoms with Gasteiger partial charge in [-0.05, 0) is 69.9 Å². The van der Waals surface area contributed by atoms with E-state index in [0.717, 1.165) is 33.6 Å². The third kappa shape index (κ3) is 4.11. The molecule has 3 aromatic rings. The number of pyridine rings is 1. The number of rotatable bonds is 4. The van der Waals surface area contributed by atoms with Crippen molar-refractivity contribution < 1.29 is 0 Å². The molecule has 0 spiro atoms. The highest BCUT2D eigenvalue weighted by atomic mass is 15.1. The first kappa shape index (κ1) is 20.9. The van der Waals surface area contributed by atoms with Gasteiger partial charge < -0.3 is 10.6 Å². The molecule has 0 atom stereocenters. The lowest BCUT2D eigenvalue weighted by molar-refractivity contribution is 1.22. The molecule has 0 unspecified atom stereocenters. The summed E-state index contributed by atoms with van der Waals surface area (Å²) in [7, 11) is 0. The zero-order valence-corrected chi connectivity index (χ0v) is 18.2. The van der Waals surface area contributed by atoms with Crippen molar-refractivity contribution in [2.24, 2.45) is 0 Å². The zero-order chi connectivity index (χ0) is 22.0. The van der Waals surface area contributed by atoms with E-state index in [2.05, 4.69) is 65.9 Å². The number of anilines is 4. The average Bonchev–Trinajstić information content (AvgIpc) is 2.67. The second-order valence-electron chi connectivity index (χ2n) is 7.80. The number of nitriles is 2. The fourth-order valence-electron chi connectivity index (χ4n) is 3.87. The van der Waals surface area contributed by atoms with Crippen LogP contribution >= 0.6 is 0 Å². The minimum absolute atomic E-state index is 0.328. The zero-order valence-electron chi connectivity index (χ0n) is 18.2. The van der Waals surface area contributed by atoms with Crippen LogP contribution in [-0.4, -0.2) is 4.98 Å². The number of hydrogen-bond donors (Lipinski definition) is 2. The maximum absolute atomic E-state index is 9.64. The van der Waals surface area contributed by atoms with Gasteiger partial charge in [-0.1, -0.05) is 35.4 Å². The van der Waals surface area contributed by atoms with Crippen LogP contribution in [0.15, 0.2) is 30.3 Å². The molecule has 0 aliphatic heterocycles. The van der Waals surface area contributed by atoms with Gasteiger partial charge in [-0.3, -0.25) is 0 Å². The summed E-state index contributed by atoms with van der Waals surface area (Å²) in [5, 5.41) is 25.9. The van der Waals surface area contributed by atoms with Gasteiger partial charge in [0, 0.05) is 11.4 Å². The van der Waals surface area contributed by atoms with E-state index < -0.39 is 0 Å². The molecular weight excluding hydrogens is 370 g/mol. The maximum atomic E-state index is 9.64. The fourth-order valence-corrected chi connectivity index (χ4v) is 3.87. The summed E-state index contributed by atoms with van der Waals surface area (Å²) in [5.74, 6) is 0.855. The molecule has 0 bridgehead atoms. The number of nitrogens with zero attached hydrogens (tertiary/aromatic N) is 3. The highest BCUT2D eigenvalue weighted by molar-refractivity contribution is 5.75. The van der Waals surface area contributed by atoms with E-state index in [1.165, 1.54) is 11.1 Å². The Morgan fingerprint density at radius 1 is 0.600 bits per heavy atom. The van der Waals surface area contributed by atoms with Crippen LogP contribution in [0, 0.1) is 64.2 Å². The van der Waals surface area contributed by atoms with Gasteiger partial charge in [0.1, 0.15) is 12.1 Å². The molecule has 0 radical (unpaired) electrons. The molecule has 3 rings (SSSR count). The Morgan fingerprint density at radius 3 is 1.23 bits per heavy atom. The first-order chi connectivity index (χ1) is 14.2. The van der Waals surface area contributed by atoms with E-state index in [9.17, 15) is 10.5 Å². The molecule has 2 aromatic carbocycles. The predicted molar refractivity (Wildman–Crippen MR) is 122 cm³/mol. The quantitative estimate of drug-likeness (QED) is 0.552. The molecule has 150 valence electrons. The normalized spacial score (nSPS) is 10.3. The first-order valence-electron chi connectivity index (χ1n) is 9.78. The molecule has 1 heterocycles. The Morgan fingerprint density at radius 2 is 0.933 bits per heavy atom. The predicted octanol–water partition coefficient (Wildman–Crippen LogP) is 6.16. The summed E-state index contributed by atoms with van der Waals surface area (Å²) in [5.41, 5.74) is 9.13. The third-order valence-electron chi connectivity index (χ3n) is 5.10. The molecule has 2 N–H and O–H groups in total. The smallest absolute Gasteiger partial charge is 0.150 e. The topological polar surface area (TPSA) is 84.5 Å². The van der Waals surface area contributed by atoms with Crippen molar-refractivity contribution in [2.45, 2.75) is 41.5 Å². The van der Waals surface area contributed by atoms with E-state index in [4.69, 9.17) is 0 Å². The van der Waals surface area contributed by atoms with E-state index in [1.54, 1.807) is 6.07 Å². The molecule has 0 amide bonds. The monoisotopic (exact) mass is 395 g/mol. The Bertz CT molecular complexity index is 1090. The van der Waals surface area contributed by atoms with Crippen molar-refractivity contribution in [3.05, 3.63) is 74.8 Å². The highest BCUT2D eigenvalue weighted by Gasteiger charge is 2.16. The Balaban J connectivity index is 2.11. The van der Waals surface area contributed by atoms with Crippen LogP contribution in [0.5, 0.6) is 0 Å². The van der Waals surface area contributed by atoms with Crippen LogP contribution in [0.1, 0.15) is 44.5 Å². The van der Waals surface area contributed by atoms with Gasteiger partial charge in [0.05, 0.1) is 11.1 Å². The van der Waals surface area contributed by atoms with Gasteiger partial charge in [0.25, 0.3) is 0 Å².